The molecule has 0 aliphatic heterocycles. The van der Waals surface area contributed by atoms with Crippen molar-refractivity contribution >= 4 is 18.8 Å². The summed E-state index contributed by atoms with van der Waals surface area (Å²) in [5.41, 5.74) is 12.6. The van der Waals surface area contributed by atoms with Crippen LogP contribution in [-0.4, -0.2) is 10.3 Å². The highest BCUT2D eigenvalue weighted by Crippen LogP contribution is 2.61. The van der Waals surface area contributed by atoms with Crippen molar-refractivity contribution in [2.24, 2.45) is 23.7 Å². The Kier molecular flexibility index (Phi) is 8.85. The zero-order valence-corrected chi connectivity index (χ0v) is 26.4. The SMILES string of the molecule is Cc1c(C)c(C)c(P(C(C)(C)C)C(C)(C)C)c(C2=C(C(C)C)C=C(C(C)C)CC2C(C)C)c1C. The van der Waals surface area contributed by atoms with Crippen molar-refractivity contribution in [1.29, 1.82) is 0 Å². The summed E-state index contributed by atoms with van der Waals surface area (Å²) in [5, 5.41) is 2.16. The van der Waals surface area contributed by atoms with E-state index in [0.29, 0.717) is 23.7 Å². The number of benzene rings is 1. The fraction of sp³-hybridized carbons (Fsp3) is 0.697. The molecule has 1 aromatic rings. The number of hydrogen-bond donors (Lipinski definition) is 0. The molecule has 1 atom stereocenters. The summed E-state index contributed by atoms with van der Waals surface area (Å²) in [7, 11) is -0.404. The zero-order valence-electron chi connectivity index (χ0n) is 25.5. The molecule has 2 rings (SSSR count). The molecule has 0 radical (unpaired) electrons. The standard InChI is InChI=1S/C33H55P/c1-19(2)26-17-27(20(3)4)30(28(18-26)21(5)6)29-24(9)22(7)23(8)25(10)31(29)34(32(11,12)13)33(14,15)16/h17,19-21,28H,18H2,1-16H3. The summed E-state index contributed by atoms with van der Waals surface area (Å²) in [5.74, 6) is 2.33. The van der Waals surface area contributed by atoms with Crippen molar-refractivity contribution in [3.63, 3.8) is 0 Å². The molecule has 0 spiro atoms. The third-order valence-electron chi connectivity index (χ3n) is 8.14. The van der Waals surface area contributed by atoms with Gasteiger partial charge in [-0.25, -0.2) is 0 Å². The van der Waals surface area contributed by atoms with Crippen LogP contribution in [0.4, 0.5) is 0 Å². The summed E-state index contributed by atoms with van der Waals surface area (Å²) >= 11 is 0. The summed E-state index contributed by atoms with van der Waals surface area (Å²) in [6.07, 6.45) is 3.81. The molecular weight excluding hydrogens is 427 g/mol. The normalized spacial score (nSPS) is 18.1. The summed E-state index contributed by atoms with van der Waals surface area (Å²) in [4.78, 5) is 0. The Labute approximate surface area is 214 Å². The topological polar surface area (TPSA) is 0 Å². The predicted octanol–water partition coefficient (Wildman–Crippen LogP) is 10.3. The van der Waals surface area contributed by atoms with Gasteiger partial charge in [-0.1, -0.05) is 103 Å². The minimum absolute atomic E-state index is 0.237. The van der Waals surface area contributed by atoms with Crippen LogP contribution >= 0.6 is 7.92 Å². The number of rotatable bonds is 5. The van der Waals surface area contributed by atoms with Gasteiger partial charge in [-0.15, -0.1) is 0 Å². The molecule has 0 nitrogen and oxygen atoms in total. The van der Waals surface area contributed by atoms with Crippen LogP contribution in [0.5, 0.6) is 0 Å². The average molecular weight is 483 g/mol. The third kappa shape index (κ3) is 5.59. The minimum atomic E-state index is -0.404. The number of allylic oxidation sites excluding steroid dienone is 4. The lowest BCUT2D eigenvalue weighted by Crippen LogP contribution is -2.36. The lowest BCUT2D eigenvalue weighted by atomic mass is 9.69. The highest BCUT2D eigenvalue weighted by molar-refractivity contribution is 7.68. The maximum Gasteiger partial charge on any atom is -0.00923 e. The van der Waals surface area contributed by atoms with Gasteiger partial charge >= 0.3 is 0 Å². The Morgan fingerprint density at radius 2 is 1.18 bits per heavy atom. The van der Waals surface area contributed by atoms with Crippen molar-refractivity contribution in [1.82, 2.24) is 0 Å². The first-order chi connectivity index (χ1) is 15.3. The van der Waals surface area contributed by atoms with Gasteiger partial charge in [0.15, 0.2) is 0 Å². The molecule has 1 aromatic carbocycles. The first-order valence-electron chi connectivity index (χ1n) is 13.7. The van der Waals surface area contributed by atoms with Crippen LogP contribution in [0.2, 0.25) is 0 Å². The van der Waals surface area contributed by atoms with Crippen molar-refractivity contribution in [3.05, 3.63) is 45.0 Å². The second-order valence-corrected chi connectivity index (χ2v) is 17.7. The molecule has 0 aromatic heterocycles. The molecule has 0 bridgehead atoms. The molecular formula is C33H55P. The molecule has 192 valence electrons. The van der Waals surface area contributed by atoms with Gasteiger partial charge in [0, 0.05) is 0 Å². The quantitative estimate of drug-likeness (QED) is 0.366. The van der Waals surface area contributed by atoms with Gasteiger partial charge in [0.1, 0.15) is 0 Å². The first-order valence-corrected chi connectivity index (χ1v) is 15.0. The monoisotopic (exact) mass is 482 g/mol. The summed E-state index contributed by atoms with van der Waals surface area (Å²) in [6.45, 7) is 38.9. The lowest BCUT2D eigenvalue weighted by Gasteiger charge is -2.46. The molecule has 0 N–H and O–H groups in total. The van der Waals surface area contributed by atoms with E-state index in [1.165, 1.54) is 23.1 Å². The van der Waals surface area contributed by atoms with E-state index < -0.39 is 7.92 Å². The minimum Gasteiger partial charge on any atom is -0.0667 e. The molecule has 1 aliphatic carbocycles. The fourth-order valence-electron chi connectivity index (χ4n) is 6.26. The summed E-state index contributed by atoms with van der Waals surface area (Å²) in [6, 6.07) is 0. The Balaban J connectivity index is 3.20. The van der Waals surface area contributed by atoms with Crippen LogP contribution in [0.15, 0.2) is 17.2 Å². The van der Waals surface area contributed by atoms with Crippen LogP contribution in [0, 0.1) is 51.4 Å². The van der Waals surface area contributed by atoms with Crippen molar-refractivity contribution in [3.8, 4) is 0 Å². The molecule has 1 unspecified atom stereocenters. The van der Waals surface area contributed by atoms with Crippen LogP contribution in [0.1, 0.15) is 117 Å². The lowest BCUT2D eigenvalue weighted by molar-refractivity contribution is 0.450. The Bertz CT molecular complexity index is 954. The predicted molar refractivity (Wildman–Crippen MR) is 159 cm³/mol. The van der Waals surface area contributed by atoms with Gasteiger partial charge < -0.3 is 0 Å². The van der Waals surface area contributed by atoms with Crippen molar-refractivity contribution < 1.29 is 0 Å². The molecule has 34 heavy (non-hydrogen) atoms. The van der Waals surface area contributed by atoms with Gasteiger partial charge in [0.25, 0.3) is 0 Å². The molecule has 0 saturated carbocycles. The van der Waals surface area contributed by atoms with Crippen molar-refractivity contribution in [2.45, 2.75) is 128 Å². The Hall–Kier alpha value is -0.870. The van der Waals surface area contributed by atoms with Gasteiger partial charge in [0.2, 0.25) is 0 Å². The van der Waals surface area contributed by atoms with E-state index in [-0.39, 0.29) is 10.3 Å². The molecule has 0 amide bonds. The third-order valence-corrected chi connectivity index (χ3v) is 11.8. The van der Waals surface area contributed by atoms with Crippen molar-refractivity contribution in [2.75, 3.05) is 0 Å². The number of hydrogen-bond acceptors (Lipinski definition) is 0. The smallest absolute Gasteiger partial charge is 0.00923 e. The van der Waals surface area contributed by atoms with E-state index in [1.54, 1.807) is 33.2 Å². The highest BCUT2D eigenvalue weighted by Gasteiger charge is 2.41. The summed E-state index contributed by atoms with van der Waals surface area (Å²) < 4.78 is 0. The Morgan fingerprint density at radius 3 is 1.56 bits per heavy atom. The van der Waals surface area contributed by atoms with E-state index >= 15 is 0 Å². The van der Waals surface area contributed by atoms with Crippen LogP contribution in [-0.2, 0) is 0 Å². The van der Waals surface area contributed by atoms with E-state index in [4.69, 9.17) is 0 Å². The average Bonchev–Trinajstić information content (AvgIpc) is 2.67. The second-order valence-electron chi connectivity index (χ2n) is 13.9. The van der Waals surface area contributed by atoms with Gasteiger partial charge in [-0.05, 0) is 112 Å². The van der Waals surface area contributed by atoms with Gasteiger partial charge in [-0.3, -0.25) is 0 Å². The first kappa shape index (κ1) is 29.4. The van der Waals surface area contributed by atoms with Crippen LogP contribution < -0.4 is 5.30 Å². The molecule has 0 heterocycles. The Morgan fingerprint density at radius 1 is 0.706 bits per heavy atom. The molecule has 1 aliphatic rings. The second kappa shape index (κ2) is 10.2. The van der Waals surface area contributed by atoms with E-state index in [0.717, 1.165) is 0 Å². The van der Waals surface area contributed by atoms with Crippen LogP contribution in [0.25, 0.3) is 5.57 Å². The highest BCUT2D eigenvalue weighted by atomic mass is 31.1. The zero-order chi connectivity index (χ0) is 26.5. The molecule has 0 fully saturated rings. The van der Waals surface area contributed by atoms with E-state index in [9.17, 15) is 0 Å². The molecule has 0 saturated heterocycles. The van der Waals surface area contributed by atoms with Gasteiger partial charge in [-0.2, -0.15) is 0 Å². The largest absolute Gasteiger partial charge is 0.0667 e. The molecule has 1 heteroatoms. The van der Waals surface area contributed by atoms with Crippen LogP contribution in [0.3, 0.4) is 0 Å². The maximum atomic E-state index is 2.60. The van der Waals surface area contributed by atoms with Gasteiger partial charge in [0.05, 0.1) is 0 Å². The van der Waals surface area contributed by atoms with E-state index in [1.807, 2.05) is 0 Å². The maximum absolute atomic E-state index is 2.60. The fourth-order valence-corrected chi connectivity index (χ4v) is 10.6. The van der Waals surface area contributed by atoms with E-state index in [2.05, 4.69) is 117 Å².